The lowest BCUT2D eigenvalue weighted by molar-refractivity contribution is -0.127. The number of aryl methyl sites for hydroxylation is 2. The zero-order valence-corrected chi connectivity index (χ0v) is 11.5. The van der Waals surface area contributed by atoms with Crippen LogP contribution >= 0.6 is 11.6 Å². The van der Waals surface area contributed by atoms with Gasteiger partial charge in [-0.3, -0.25) is 4.79 Å². The van der Waals surface area contributed by atoms with E-state index in [-0.39, 0.29) is 11.8 Å². The molecule has 4 heteroatoms. The number of nitrogens with zero attached hydrogens (tertiary/aromatic N) is 1. The molecule has 0 aliphatic heterocycles. The van der Waals surface area contributed by atoms with Crippen molar-refractivity contribution >= 4 is 17.5 Å². The summed E-state index contributed by atoms with van der Waals surface area (Å²) in [7, 11) is 3.38. The van der Waals surface area contributed by atoms with Gasteiger partial charge < -0.3 is 9.64 Å². The molecule has 1 aromatic rings. The van der Waals surface area contributed by atoms with Gasteiger partial charge in [-0.15, -0.1) is 11.6 Å². The van der Waals surface area contributed by atoms with Crippen molar-refractivity contribution in [1.82, 2.24) is 4.90 Å². The van der Waals surface area contributed by atoms with Gasteiger partial charge in [0, 0.05) is 19.2 Å². The van der Waals surface area contributed by atoms with Gasteiger partial charge in [-0.25, -0.2) is 0 Å². The molecular formula is C13H18ClNO2. The number of methoxy groups -OCH3 is 1. The molecule has 17 heavy (non-hydrogen) atoms. The zero-order chi connectivity index (χ0) is 13.0. The minimum atomic E-state index is -0.0899. The van der Waals surface area contributed by atoms with Crippen molar-refractivity contribution in [1.29, 1.82) is 0 Å². The Morgan fingerprint density at radius 1 is 1.41 bits per heavy atom. The first-order valence-corrected chi connectivity index (χ1v) is 5.97. The van der Waals surface area contributed by atoms with Gasteiger partial charge in [0.15, 0.2) is 0 Å². The molecule has 0 aromatic heterocycles. The molecule has 94 valence electrons. The average molecular weight is 256 g/mol. The summed E-state index contributed by atoms with van der Waals surface area (Å²) in [6, 6.07) is 4.09. The molecule has 0 unspecified atom stereocenters. The quantitative estimate of drug-likeness (QED) is 0.774. The third kappa shape index (κ3) is 3.37. The van der Waals surface area contributed by atoms with Crippen molar-refractivity contribution in [2.75, 3.05) is 20.0 Å². The van der Waals surface area contributed by atoms with E-state index >= 15 is 0 Å². The molecule has 0 aliphatic rings. The number of hydrogen-bond acceptors (Lipinski definition) is 2. The topological polar surface area (TPSA) is 29.5 Å². The molecule has 3 nitrogen and oxygen atoms in total. The summed E-state index contributed by atoms with van der Waals surface area (Å²) in [5, 5.41) is 0. The lowest BCUT2D eigenvalue weighted by Crippen LogP contribution is -2.27. The van der Waals surface area contributed by atoms with Crippen molar-refractivity contribution in [2.45, 2.75) is 20.4 Å². The van der Waals surface area contributed by atoms with Gasteiger partial charge in [0.25, 0.3) is 0 Å². The van der Waals surface area contributed by atoms with Crippen LogP contribution in [0.15, 0.2) is 12.1 Å². The summed E-state index contributed by atoms with van der Waals surface area (Å²) in [4.78, 5) is 13.0. The smallest absolute Gasteiger partial charge is 0.237 e. The molecule has 0 radical (unpaired) electrons. The highest BCUT2D eigenvalue weighted by atomic mass is 35.5. The van der Waals surface area contributed by atoms with Gasteiger partial charge in [-0.1, -0.05) is 17.7 Å². The van der Waals surface area contributed by atoms with E-state index < -0.39 is 0 Å². The number of carbonyl (C=O) groups is 1. The van der Waals surface area contributed by atoms with Crippen LogP contribution in [0.2, 0.25) is 0 Å². The van der Waals surface area contributed by atoms with Crippen LogP contribution in [0.4, 0.5) is 0 Å². The summed E-state index contributed by atoms with van der Waals surface area (Å²) in [5.74, 6) is 0.751. The summed E-state index contributed by atoms with van der Waals surface area (Å²) in [6.07, 6.45) is 0. The number of carbonyl (C=O) groups excluding carboxylic acids is 1. The third-order valence-electron chi connectivity index (χ3n) is 2.65. The first-order chi connectivity index (χ1) is 7.99. The average Bonchev–Trinajstić information content (AvgIpc) is 2.27. The maximum Gasteiger partial charge on any atom is 0.237 e. The van der Waals surface area contributed by atoms with E-state index in [4.69, 9.17) is 16.3 Å². The van der Waals surface area contributed by atoms with Gasteiger partial charge in [-0.05, 0) is 19.4 Å². The van der Waals surface area contributed by atoms with Crippen LogP contribution in [-0.2, 0) is 11.3 Å². The first kappa shape index (κ1) is 13.8. The Kier molecular flexibility index (Phi) is 4.82. The van der Waals surface area contributed by atoms with Gasteiger partial charge in [0.1, 0.15) is 11.6 Å². The second-order valence-corrected chi connectivity index (χ2v) is 4.42. The maximum atomic E-state index is 11.4. The van der Waals surface area contributed by atoms with Crippen molar-refractivity contribution in [2.24, 2.45) is 0 Å². The molecule has 1 rings (SSSR count). The number of rotatable bonds is 4. The van der Waals surface area contributed by atoms with E-state index in [1.54, 1.807) is 19.1 Å². The molecule has 0 atom stereocenters. The Hall–Kier alpha value is -1.22. The molecule has 0 saturated heterocycles. The third-order valence-corrected chi connectivity index (χ3v) is 2.88. The van der Waals surface area contributed by atoms with Gasteiger partial charge >= 0.3 is 0 Å². The lowest BCUT2D eigenvalue weighted by atomic mass is 10.1. The highest BCUT2D eigenvalue weighted by Crippen LogP contribution is 2.26. The highest BCUT2D eigenvalue weighted by molar-refractivity contribution is 6.27. The number of alkyl halides is 1. The molecule has 0 fully saturated rings. The normalized spacial score (nSPS) is 10.2. The maximum absolute atomic E-state index is 11.4. The van der Waals surface area contributed by atoms with Crippen LogP contribution in [0.25, 0.3) is 0 Å². The molecule has 0 bridgehead atoms. The monoisotopic (exact) mass is 255 g/mol. The second kappa shape index (κ2) is 5.92. The van der Waals surface area contributed by atoms with Crippen LogP contribution in [0.5, 0.6) is 5.75 Å². The Morgan fingerprint density at radius 2 is 2.06 bits per heavy atom. The van der Waals surface area contributed by atoms with Crippen molar-refractivity contribution in [3.8, 4) is 5.75 Å². The van der Waals surface area contributed by atoms with Crippen LogP contribution in [0, 0.1) is 13.8 Å². The van der Waals surface area contributed by atoms with Gasteiger partial charge in [0.05, 0.1) is 7.11 Å². The van der Waals surface area contributed by atoms with E-state index in [0.29, 0.717) is 6.54 Å². The number of amides is 1. The van der Waals surface area contributed by atoms with E-state index in [2.05, 4.69) is 6.07 Å². The standard InChI is InChI=1S/C13H18ClNO2/c1-9-5-10(2)13(17-4)11(6-9)8-15(3)12(16)7-14/h5-6H,7-8H2,1-4H3. The second-order valence-electron chi connectivity index (χ2n) is 4.16. The lowest BCUT2D eigenvalue weighted by Gasteiger charge is -2.19. The fourth-order valence-electron chi connectivity index (χ4n) is 1.90. The largest absolute Gasteiger partial charge is 0.496 e. The molecule has 1 amide bonds. The van der Waals surface area contributed by atoms with Crippen molar-refractivity contribution < 1.29 is 9.53 Å². The molecule has 1 aromatic carbocycles. The first-order valence-electron chi connectivity index (χ1n) is 5.43. The molecule has 0 N–H and O–H groups in total. The fourth-order valence-corrected chi connectivity index (χ4v) is 2.10. The van der Waals surface area contributed by atoms with E-state index in [1.807, 2.05) is 19.9 Å². The fraction of sp³-hybridized carbons (Fsp3) is 0.462. The number of ether oxygens (including phenoxy) is 1. The summed E-state index contributed by atoms with van der Waals surface area (Å²) < 4.78 is 5.37. The van der Waals surface area contributed by atoms with Crippen LogP contribution in [0.3, 0.4) is 0 Å². The van der Waals surface area contributed by atoms with Gasteiger partial charge in [-0.2, -0.15) is 0 Å². The Bertz CT molecular complexity index is 418. The van der Waals surface area contributed by atoms with Crippen LogP contribution < -0.4 is 4.74 Å². The molecular weight excluding hydrogens is 238 g/mol. The summed E-state index contributed by atoms with van der Waals surface area (Å²) >= 11 is 5.53. The Morgan fingerprint density at radius 3 is 2.59 bits per heavy atom. The molecule has 0 heterocycles. The number of hydrogen-bond donors (Lipinski definition) is 0. The van der Waals surface area contributed by atoms with E-state index in [9.17, 15) is 4.79 Å². The molecule has 0 saturated carbocycles. The van der Waals surface area contributed by atoms with Crippen molar-refractivity contribution in [3.05, 3.63) is 28.8 Å². The summed E-state index contributed by atoms with van der Waals surface area (Å²) in [5.41, 5.74) is 3.24. The Labute approximate surface area is 107 Å². The number of benzene rings is 1. The number of halogens is 1. The highest BCUT2D eigenvalue weighted by Gasteiger charge is 2.13. The Balaban J connectivity index is 3.01. The van der Waals surface area contributed by atoms with E-state index in [1.165, 1.54) is 0 Å². The minimum absolute atomic E-state index is 0.00358. The summed E-state index contributed by atoms with van der Waals surface area (Å²) in [6.45, 7) is 4.54. The van der Waals surface area contributed by atoms with E-state index in [0.717, 1.165) is 22.4 Å². The molecule has 0 spiro atoms. The van der Waals surface area contributed by atoms with Gasteiger partial charge in [0.2, 0.25) is 5.91 Å². The predicted octanol–water partition coefficient (Wildman–Crippen LogP) is 2.51. The SMILES string of the molecule is COc1c(C)cc(C)cc1CN(C)C(=O)CCl. The van der Waals surface area contributed by atoms with Crippen LogP contribution in [-0.4, -0.2) is 30.8 Å². The van der Waals surface area contributed by atoms with Crippen LogP contribution in [0.1, 0.15) is 16.7 Å². The molecule has 0 aliphatic carbocycles. The zero-order valence-electron chi connectivity index (χ0n) is 10.7. The predicted molar refractivity (Wildman–Crippen MR) is 69.7 cm³/mol. The van der Waals surface area contributed by atoms with Crippen molar-refractivity contribution in [3.63, 3.8) is 0 Å². The minimum Gasteiger partial charge on any atom is -0.496 e.